The molecule has 0 bridgehead atoms. The molecule has 1 heterocycles. The highest BCUT2D eigenvalue weighted by Gasteiger charge is 2.52. The molecule has 0 fully saturated rings. The first-order valence-electron chi connectivity index (χ1n) is 13.9. The molecule has 1 aliphatic carbocycles. The molecule has 0 aromatic heterocycles. The number of ether oxygens (including phenoxy) is 2. The van der Waals surface area contributed by atoms with Crippen molar-refractivity contribution in [1.82, 2.24) is 0 Å². The highest BCUT2D eigenvalue weighted by Crippen LogP contribution is 2.64. The number of anilines is 3. The van der Waals surface area contributed by atoms with Crippen LogP contribution in [0.2, 0.25) is 0 Å². The molecule has 3 heteroatoms. The summed E-state index contributed by atoms with van der Waals surface area (Å²) < 4.78 is 12.2. The Morgan fingerprint density at radius 3 is 1.88 bits per heavy atom. The number of benzene rings is 6. The standard InChI is InChI=1S/C38H27NO2/c1-40-28-23-24-32-36(25-28)41-35-22-11-10-19-31(35)38(32)30-18-9-8-17-29(30)37-33(38)20-12-21-34(37)39(26-13-4-2-5-14-26)27-15-6-3-7-16-27/h2-25H,1H3. The molecule has 0 N–H and O–H groups in total. The Balaban J connectivity index is 1.50. The Bertz CT molecular complexity index is 1880. The number of hydrogen-bond donors (Lipinski definition) is 0. The van der Waals surface area contributed by atoms with E-state index >= 15 is 0 Å². The van der Waals surface area contributed by atoms with Gasteiger partial charge in [-0.2, -0.15) is 0 Å². The fourth-order valence-electron chi connectivity index (χ4n) is 6.81. The van der Waals surface area contributed by atoms with Crippen LogP contribution in [0.1, 0.15) is 22.3 Å². The number of para-hydroxylation sites is 3. The molecule has 196 valence electrons. The minimum absolute atomic E-state index is 0.544. The van der Waals surface area contributed by atoms with Gasteiger partial charge in [0.15, 0.2) is 0 Å². The zero-order valence-electron chi connectivity index (χ0n) is 22.6. The third-order valence-corrected chi connectivity index (χ3v) is 8.42. The number of rotatable bonds is 4. The molecule has 2 aliphatic rings. The van der Waals surface area contributed by atoms with Gasteiger partial charge >= 0.3 is 0 Å². The van der Waals surface area contributed by atoms with Gasteiger partial charge in [0.2, 0.25) is 0 Å². The predicted octanol–water partition coefficient (Wildman–Crippen LogP) is 9.63. The summed E-state index contributed by atoms with van der Waals surface area (Å²) in [6.45, 7) is 0. The van der Waals surface area contributed by atoms with Crippen molar-refractivity contribution in [1.29, 1.82) is 0 Å². The lowest BCUT2D eigenvalue weighted by Gasteiger charge is -2.39. The monoisotopic (exact) mass is 529 g/mol. The van der Waals surface area contributed by atoms with Crippen LogP contribution in [0.15, 0.2) is 146 Å². The summed E-state index contributed by atoms with van der Waals surface area (Å²) in [6.07, 6.45) is 0. The number of fused-ring (bicyclic) bond motifs is 9. The van der Waals surface area contributed by atoms with Crippen molar-refractivity contribution in [3.8, 4) is 28.4 Å². The Labute approximate surface area is 239 Å². The van der Waals surface area contributed by atoms with Gasteiger partial charge in [-0.25, -0.2) is 0 Å². The van der Waals surface area contributed by atoms with E-state index in [1.807, 2.05) is 18.2 Å². The summed E-state index contributed by atoms with van der Waals surface area (Å²) in [7, 11) is 1.70. The first-order valence-corrected chi connectivity index (χ1v) is 13.9. The maximum Gasteiger partial charge on any atom is 0.135 e. The van der Waals surface area contributed by atoms with Crippen LogP contribution in [-0.2, 0) is 5.41 Å². The summed E-state index contributed by atoms with van der Waals surface area (Å²) in [5.74, 6) is 2.46. The van der Waals surface area contributed by atoms with E-state index in [9.17, 15) is 0 Å². The van der Waals surface area contributed by atoms with E-state index in [1.165, 1.54) is 22.3 Å². The maximum atomic E-state index is 6.56. The molecule has 8 rings (SSSR count). The molecule has 41 heavy (non-hydrogen) atoms. The third-order valence-electron chi connectivity index (χ3n) is 8.42. The van der Waals surface area contributed by atoms with Crippen LogP contribution >= 0.6 is 0 Å². The second kappa shape index (κ2) is 9.14. The van der Waals surface area contributed by atoms with Gasteiger partial charge in [0.25, 0.3) is 0 Å². The van der Waals surface area contributed by atoms with Gasteiger partial charge in [0.1, 0.15) is 17.2 Å². The van der Waals surface area contributed by atoms with Crippen molar-refractivity contribution in [3.63, 3.8) is 0 Å². The molecule has 3 nitrogen and oxygen atoms in total. The molecule has 1 spiro atoms. The highest BCUT2D eigenvalue weighted by atomic mass is 16.5. The van der Waals surface area contributed by atoms with Crippen molar-refractivity contribution in [2.45, 2.75) is 5.41 Å². The molecule has 0 saturated carbocycles. The second-order valence-electron chi connectivity index (χ2n) is 10.5. The maximum absolute atomic E-state index is 6.56. The molecule has 0 amide bonds. The van der Waals surface area contributed by atoms with Crippen LogP contribution in [0.25, 0.3) is 11.1 Å². The number of nitrogens with zero attached hydrogens (tertiary/aromatic N) is 1. The first-order chi connectivity index (χ1) is 20.3. The van der Waals surface area contributed by atoms with Crippen molar-refractivity contribution in [3.05, 3.63) is 168 Å². The van der Waals surface area contributed by atoms with E-state index in [1.54, 1.807) is 7.11 Å². The summed E-state index contributed by atoms with van der Waals surface area (Å²) in [5.41, 5.74) is 10.0. The minimum atomic E-state index is -0.544. The average Bonchev–Trinajstić information content (AvgIpc) is 3.33. The fraction of sp³-hybridized carbons (Fsp3) is 0.0526. The van der Waals surface area contributed by atoms with Gasteiger partial charge < -0.3 is 14.4 Å². The van der Waals surface area contributed by atoms with Crippen molar-refractivity contribution >= 4 is 17.1 Å². The summed E-state index contributed by atoms with van der Waals surface area (Å²) in [5, 5.41) is 0. The van der Waals surface area contributed by atoms with E-state index in [4.69, 9.17) is 9.47 Å². The summed E-state index contributed by atoms with van der Waals surface area (Å²) in [6, 6.07) is 51.5. The molecular weight excluding hydrogens is 502 g/mol. The van der Waals surface area contributed by atoms with Gasteiger partial charge in [-0.1, -0.05) is 97.1 Å². The topological polar surface area (TPSA) is 21.7 Å². The average molecular weight is 530 g/mol. The highest BCUT2D eigenvalue weighted by molar-refractivity contribution is 5.98. The van der Waals surface area contributed by atoms with E-state index < -0.39 is 5.41 Å². The second-order valence-corrected chi connectivity index (χ2v) is 10.5. The van der Waals surface area contributed by atoms with Gasteiger partial charge in [-0.05, 0) is 59.2 Å². The zero-order chi connectivity index (χ0) is 27.4. The minimum Gasteiger partial charge on any atom is -0.497 e. The molecule has 6 aromatic carbocycles. The van der Waals surface area contributed by atoms with Crippen molar-refractivity contribution in [2.75, 3.05) is 12.0 Å². The lowest BCUT2D eigenvalue weighted by atomic mass is 9.66. The van der Waals surface area contributed by atoms with Crippen molar-refractivity contribution in [2.24, 2.45) is 0 Å². The fourth-order valence-corrected chi connectivity index (χ4v) is 6.81. The van der Waals surface area contributed by atoms with Crippen LogP contribution in [-0.4, -0.2) is 7.11 Å². The largest absolute Gasteiger partial charge is 0.497 e. The smallest absolute Gasteiger partial charge is 0.135 e. The van der Waals surface area contributed by atoms with E-state index in [2.05, 4.69) is 132 Å². The van der Waals surface area contributed by atoms with Crippen LogP contribution in [0.5, 0.6) is 17.2 Å². The lowest BCUT2D eigenvalue weighted by molar-refractivity contribution is 0.401. The Morgan fingerprint density at radius 1 is 0.537 bits per heavy atom. The lowest BCUT2D eigenvalue weighted by Crippen LogP contribution is -2.32. The summed E-state index contributed by atoms with van der Waals surface area (Å²) >= 11 is 0. The molecule has 1 unspecified atom stereocenters. The predicted molar refractivity (Wildman–Crippen MR) is 165 cm³/mol. The SMILES string of the molecule is COc1ccc2c(c1)Oc1ccccc1C21c2ccccc2-c2c(N(c3ccccc3)c3ccccc3)cccc21. The van der Waals surface area contributed by atoms with Crippen LogP contribution in [0.3, 0.4) is 0 Å². The third kappa shape index (κ3) is 3.33. The van der Waals surface area contributed by atoms with E-state index in [-0.39, 0.29) is 0 Å². The molecule has 1 aliphatic heterocycles. The van der Waals surface area contributed by atoms with Gasteiger partial charge in [0.05, 0.1) is 18.2 Å². The Hall–Kier alpha value is -5.28. The van der Waals surface area contributed by atoms with Crippen LogP contribution in [0.4, 0.5) is 17.1 Å². The van der Waals surface area contributed by atoms with Crippen LogP contribution in [0, 0.1) is 0 Å². The molecule has 0 saturated heterocycles. The Kier molecular flexibility index (Phi) is 5.26. The van der Waals surface area contributed by atoms with Gasteiger partial charge in [-0.15, -0.1) is 0 Å². The molecule has 0 radical (unpaired) electrons. The summed E-state index contributed by atoms with van der Waals surface area (Å²) in [4.78, 5) is 2.37. The van der Waals surface area contributed by atoms with Gasteiger partial charge in [-0.3, -0.25) is 0 Å². The van der Waals surface area contributed by atoms with E-state index in [0.29, 0.717) is 0 Å². The zero-order valence-corrected chi connectivity index (χ0v) is 22.6. The first kappa shape index (κ1) is 23.6. The normalized spacial score (nSPS) is 15.7. The molecule has 6 aromatic rings. The van der Waals surface area contributed by atoms with E-state index in [0.717, 1.165) is 45.4 Å². The quantitative estimate of drug-likeness (QED) is 0.227. The molecular formula is C38H27NO2. The number of hydrogen-bond acceptors (Lipinski definition) is 3. The molecule has 1 atom stereocenters. The van der Waals surface area contributed by atoms with Crippen molar-refractivity contribution < 1.29 is 9.47 Å². The Morgan fingerprint density at radius 2 is 1.15 bits per heavy atom. The number of methoxy groups -OCH3 is 1. The van der Waals surface area contributed by atoms with Gasteiger partial charge in [0, 0.05) is 34.1 Å². The van der Waals surface area contributed by atoms with Crippen LogP contribution < -0.4 is 14.4 Å².